The number of aromatic nitrogens is 3. The molecular formula is C16H18N4OS. The Morgan fingerprint density at radius 3 is 2.91 bits per heavy atom. The van der Waals surface area contributed by atoms with Crippen LogP contribution in [0.1, 0.15) is 39.6 Å². The summed E-state index contributed by atoms with van der Waals surface area (Å²) in [6, 6.07) is 7.76. The molecule has 1 unspecified atom stereocenters. The van der Waals surface area contributed by atoms with Gasteiger partial charge in [-0.3, -0.25) is 4.79 Å². The van der Waals surface area contributed by atoms with E-state index in [-0.39, 0.29) is 5.91 Å². The maximum Gasteiger partial charge on any atom is 0.270 e. The first-order valence-electron chi connectivity index (χ1n) is 7.20. The van der Waals surface area contributed by atoms with Crippen molar-refractivity contribution in [2.24, 2.45) is 0 Å². The Labute approximate surface area is 133 Å². The molecule has 0 radical (unpaired) electrons. The van der Waals surface area contributed by atoms with Crippen molar-refractivity contribution in [1.29, 1.82) is 0 Å². The van der Waals surface area contributed by atoms with Crippen molar-refractivity contribution in [2.45, 2.75) is 26.7 Å². The van der Waals surface area contributed by atoms with Crippen LogP contribution in [0.5, 0.6) is 0 Å². The first-order chi connectivity index (χ1) is 10.5. The number of carbonyl (C=O) groups excluding carboxylic acids is 1. The number of amides is 1. The van der Waals surface area contributed by atoms with Gasteiger partial charge in [-0.15, -0.1) is 11.3 Å². The molecular weight excluding hydrogens is 296 g/mol. The lowest BCUT2D eigenvalue weighted by atomic mass is 10.1. The molecule has 0 aromatic carbocycles. The van der Waals surface area contributed by atoms with Crippen LogP contribution in [0.4, 0.5) is 0 Å². The average molecular weight is 314 g/mol. The minimum Gasteiger partial charge on any atom is -0.350 e. The van der Waals surface area contributed by atoms with Crippen LogP contribution in [-0.2, 0) is 0 Å². The molecule has 0 saturated heterocycles. The second kappa shape index (κ2) is 5.88. The van der Waals surface area contributed by atoms with E-state index in [4.69, 9.17) is 0 Å². The molecule has 6 heteroatoms. The van der Waals surface area contributed by atoms with E-state index in [2.05, 4.69) is 33.8 Å². The van der Waals surface area contributed by atoms with Gasteiger partial charge in [0, 0.05) is 29.1 Å². The summed E-state index contributed by atoms with van der Waals surface area (Å²) < 4.78 is 1.60. The Kier molecular flexibility index (Phi) is 3.94. The zero-order valence-corrected chi connectivity index (χ0v) is 13.6. The Morgan fingerprint density at radius 1 is 1.36 bits per heavy atom. The van der Waals surface area contributed by atoms with E-state index in [1.807, 2.05) is 26.0 Å². The van der Waals surface area contributed by atoms with E-state index in [0.29, 0.717) is 23.8 Å². The van der Waals surface area contributed by atoms with Gasteiger partial charge in [-0.1, -0.05) is 13.0 Å². The fraction of sp³-hybridized carbons (Fsp3) is 0.312. The largest absolute Gasteiger partial charge is 0.350 e. The molecule has 0 aliphatic rings. The molecule has 1 atom stereocenters. The predicted molar refractivity (Wildman–Crippen MR) is 87.5 cm³/mol. The lowest BCUT2D eigenvalue weighted by molar-refractivity contribution is 0.0944. The molecule has 3 heterocycles. The number of nitrogens with zero attached hydrogens (tertiary/aromatic N) is 3. The molecule has 0 fully saturated rings. The van der Waals surface area contributed by atoms with Crippen LogP contribution in [0.15, 0.2) is 29.6 Å². The fourth-order valence-electron chi connectivity index (χ4n) is 2.39. The molecule has 0 aliphatic heterocycles. The maximum absolute atomic E-state index is 12.5. The van der Waals surface area contributed by atoms with Crippen LogP contribution in [0, 0.1) is 13.8 Å². The van der Waals surface area contributed by atoms with Crippen LogP contribution in [0.2, 0.25) is 0 Å². The minimum atomic E-state index is -0.123. The molecule has 5 nitrogen and oxygen atoms in total. The molecule has 0 aliphatic carbocycles. The second-order valence-electron chi connectivity index (χ2n) is 5.46. The second-order valence-corrected chi connectivity index (χ2v) is 6.44. The van der Waals surface area contributed by atoms with Crippen molar-refractivity contribution in [3.05, 3.63) is 51.6 Å². The third-order valence-electron chi connectivity index (χ3n) is 3.51. The molecule has 22 heavy (non-hydrogen) atoms. The van der Waals surface area contributed by atoms with Gasteiger partial charge in [0.15, 0.2) is 5.65 Å². The first-order valence-corrected chi connectivity index (χ1v) is 8.08. The summed E-state index contributed by atoms with van der Waals surface area (Å²) in [5, 5.41) is 9.39. The molecule has 3 rings (SSSR count). The van der Waals surface area contributed by atoms with Crippen LogP contribution < -0.4 is 5.32 Å². The maximum atomic E-state index is 12.5. The third-order valence-corrected chi connectivity index (χ3v) is 4.61. The lowest BCUT2D eigenvalue weighted by Crippen LogP contribution is -2.29. The van der Waals surface area contributed by atoms with E-state index in [1.165, 1.54) is 4.88 Å². The summed E-state index contributed by atoms with van der Waals surface area (Å²) in [4.78, 5) is 18.2. The Balaban J connectivity index is 1.80. The fourth-order valence-corrected chi connectivity index (χ4v) is 3.17. The Bertz CT molecular complexity index is 807. The van der Waals surface area contributed by atoms with Crippen LogP contribution in [0.25, 0.3) is 5.65 Å². The Hall–Kier alpha value is -2.21. The quantitative estimate of drug-likeness (QED) is 0.805. The lowest BCUT2D eigenvalue weighted by Gasteiger charge is -2.12. The van der Waals surface area contributed by atoms with Gasteiger partial charge in [-0.2, -0.15) is 5.10 Å². The number of thiophene rings is 1. The molecule has 3 aromatic rings. The molecule has 0 spiro atoms. The molecule has 0 bridgehead atoms. The minimum absolute atomic E-state index is 0.123. The van der Waals surface area contributed by atoms with Gasteiger partial charge in [0.25, 0.3) is 5.91 Å². The van der Waals surface area contributed by atoms with Crippen LogP contribution in [0.3, 0.4) is 0 Å². The highest BCUT2D eigenvalue weighted by Crippen LogP contribution is 2.19. The number of hydrogen-bond acceptors (Lipinski definition) is 4. The summed E-state index contributed by atoms with van der Waals surface area (Å²) >= 11 is 1.71. The summed E-state index contributed by atoms with van der Waals surface area (Å²) in [5.41, 5.74) is 2.88. The summed E-state index contributed by atoms with van der Waals surface area (Å²) in [7, 11) is 0. The first kappa shape index (κ1) is 14.7. The molecule has 114 valence electrons. The van der Waals surface area contributed by atoms with Gasteiger partial charge in [0.1, 0.15) is 5.69 Å². The molecule has 1 amide bonds. The van der Waals surface area contributed by atoms with Gasteiger partial charge >= 0.3 is 0 Å². The monoisotopic (exact) mass is 314 g/mol. The van der Waals surface area contributed by atoms with Crippen molar-refractivity contribution >= 4 is 22.9 Å². The van der Waals surface area contributed by atoms with E-state index < -0.39 is 0 Å². The molecule has 3 aromatic heterocycles. The van der Waals surface area contributed by atoms with E-state index in [9.17, 15) is 4.79 Å². The topological polar surface area (TPSA) is 59.3 Å². The van der Waals surface area contributed by atoms with E-state index in [0.717, 1.165) is 11.4 Å². The number of aryl methyl sites for hydroxylation is 2. The standard InChI is InChI=1S/C16H18N4OS/c1-10(14-5-4-6-22-14)9-17-16(21)13-7-11(2)18-15-8-12(3)19-20(13)15/h4-8,10H,9H2,1-3H3,(H,17,21). The highest BCUT2D eigenvalue weighted by atomic mass is 32.1. The van der Waals surface area contributed by atoms with Crippen molar-refractivity contribution < 1.29 is 4.79 Å². The molecule has 1 N–H and O–H groups in total. The van der Waals surface area contributed by atoms with Gasteiger partial charge in [-0.25, -0.2) is 9.50 Å². The van der Waals surface area contributed by atoms with Crippen molar-refractivity contribution in [1.82, 2.24) is 19.9 Å². The summed E-state index contributed by atoms with van der Waals surface area (Å²) in [6.07, 6.45) is 0. The Morgan fingerprint density at radius 2 is 2.18 bits per heavy atom. The number of hydrogen-bond donors (Lipinski definition) is 1. The SMILES string of the molecule is Cc1cc(C(=O)NCC(C)c2cccs2)n2nc(C)cc2n1. The number of rotatable bonds is 4. The van der Waals surface area contributed by atoms with Gasteiger partial charge in [0.05, 0.1) is 5.69 Å². The van der Waals surface area contributed by atoms with Crippen molar-refractivity contribution in [2.75, 3.05) is 6.54 Å². The zero-order valence-electron chi connectivity index (χ0n) is 12.8. The van der Waals surface area contributed by atoms with Crippen LogP contribution >= 0.6 is 11.3 Å². The number of carbonyl (C=O) groups is 1. The number of nitrogens with one attached hydrogen (secondary N) is 1. The molecule has 0 saturated carbocycles. The summed E-state index contributed by atoms with van der Waals surface area (Å²) in [5.74, 6) is 0.170. The average Bonchev–Trinajstić information content (AvgIpc) is 3.11. The van der Waals surface area contributed by atoms with E-state index >= 15 is 0 Å². The highest BCUT2D eigenvalue weighted by molar-refractivity contribution is 7.10. The normalized spacial score (nSPS) is 12.5. The third kappa shape index (κ3) is 2.87. The van der Waals surface area contributed by atoms with Gasteiger partial charge < -0.3 is 5.32 Å². The van der Waals surface area contributed by atoms with Crippen LogP contribution in [-0.4, -0.2) is 27.0 Å². The zero-order chi connectivity index (χ0) is 15.7. The van der Waals surface area contributed by atoms with Crippen molar-refractivity contribution in [3.63, 3.8) is 0 Å². The van der Waals surface area contributed by atoms with Crippen molar-refractivity contribution in [3.8, 4) is 0 Å². The van der Waals surface area contributed by atoms with E-state index in [1.54, 1.807) is 21.9 Å². The van der Waals surface area contributed by atoms with Gasteiger partial charge in [0.2, 0.25) is 0 Å². The van der Waals surface area contributed by atoms with Gasteiger partial charge in [-0.05, 0) is 31.4 Å². The smallest absolute Gasteiger partial charge is 0.270 e. The highest BCUT2D eigenvalue weighted by Gasteiger charge is 2.15. The predicted octanol–water partition coefficient (Wildman–Crippen LogP) is 2.94. The number of fused-ring (bicyclic) bond motifs is 1. The summed E-state index contributed by atoms with van der Waals surface area (Å²) in [6.45, 7) is 6.48.